The van der Waals surface area contributed by atoms with Crippen LogP contribution in [-0.2, 0) is 10.0 Å². The van der Waals surface area contributed by atoms with Gasteiger partial charge in [-0.1, -0.05) is 12.1 Å². The first-order valence-corrected chi connectivity index (χ1v) is 7.93. The second-order valence-corrected chi connectivity index (χ2v) is 6.98. The number of sulfonamides is 1. The molecule has 2 rings (SSSR count). The first kappa shape index (κ1) is 15.4. The number of benzene rings is 1. The molecule has 0 bridgehead atoms. The lowest BCUT2D eigenvalue weighted by Gasteiger charge is -2.17. The van der Waals surface area contributed by atoms with E-state index < -0.39 is 22.2 Å². The molecule has 0 aliphatic carbocycles. The number of aliphatic hydroxyl groups excluding tert-OH is 2. The number of nitrogens with zero attached hydrogens (tertiary/aromatic N) is 1. The van der Waals surface area contributed by atoms with E-state index in [9.17, 15) is 18.6 Å². The molecule has 0 amide bonds. The molecule has 3 unspecified atom stereocenters. The second-order valence-electron chi connectivity index (χ2n) is 5.04. The Hall–Kier alpha value is -0.990. The van der Waals surface area contributed by atoms with Crippen LogP contribution < -0.4 is 5.32 Å². The minimum atomic E-state index is -3.68. The van der Waals surface area contributed by atoms with Gasteiger partial charge in [-0.05, 0) is 31.7 Å². The van der Waals surface area contributed by atoms with E-state index in [-0.39, 0.29) is 24.0 Å². The number of rotatable bonds is 4. The molecule has 0 spiro atoms. The van der Waals surface area contributed by atoms with Crippen LogP contribution in [0.4, 0.5) is 0 Å². The molecule has 1 aromatic carbocycles. The van der Waals surface area contributed by atoms with Gasteiger partial charge in [-0.2, -0.15) is 4.31 Å². The Kier molecular flexibility index (Phi) is 4.46. The van der Waals surface area contributed by atoms with Crippen LogP contribution in [0.25, 0.3) is 0 Å². The van der Waals surface area contributed by atoms with Crippen LogP contribution in [0.3, 0.4) is 0 Å². The third-order valence-electron chi connectivity index (χ3n) is 3.65. The molecule has 1 aromatic rings. The van der Waals surface area contributed by atoms with Crippen LogP contribution in [0, 0.1) is 0 Å². The van der Waals surface area contributed by atoms with Crippen molar-refractivity contribution in [3.63, 3.8) is 0 Å². The highest BCUT2D eigenvalue weighted by atomic mass is 32.2. The SMILES string of the molecule is CNC(C)c1cccc(S(=O)(=O)N2CC(O)C(O)C2)c1. The maximum absolute atomic E-state index is 12.5. The molecule has 1 aliphatic rings. The summed E-state index contributed by atoms with van der Waals surface area (Å²) >= 11 is 0. The third kappa shape index (κ3) is 2.87. The predicted molar refractivity (Wildman–Crippen MR) is 74.7 cm³/mol. The molecule has 20 heavy (non-hydrogen) atoms. The van der Waals surface area contributed by atoms with Crippen molar-refractivity contribution in [3.05, 3.63) is 29.8 Å². The van der Waals surface area contributed by atoms with Crippen molar-refractivity contribution in [2.45, 2.75) is 30.1 Å². The number of aliphatic hydroxyl groups is 2. The Morgan fingerprint density at radius 3 is 2.45 bits per heavy atom. The zero-order valence-corrected chi connectivity index (χ0v) is 12.3. The van der Waals surface area contributed by atoms with Crippen LogP contribution >= 0.6 is 0 Å². The van der Waals surface area contributed by atoms with Gasteiger partial charge in [-0.3, -0.25) is 0 Å². The summed E-state index contributed by atoms with van der Waals surface area (Å²) in [4.78, 5) is 0.179. The van der Waals surface area contributed by atoms with Crippen LogP contribution in [0.1, 0.15) is 18.5 Å². The van der Waals surface area contributed by atoms with Crippen molar-refractivity contribution in [2.24, 2.45) is 0 Å². The lowest BCUT2D eigenvalue weighted by atomic mass is 10.1. The molecule has 6 nitrogen and oxygen atoms in total. The smallest absolute Gasteiger partial charge is 0.243 e. The molecule has 3 N–H and O–H groups in total. The minimum absolute atomic E-state index is 0.0416. The Balaban J connectivity index is 2.31. The fraction of sp³-hybridized carbons (Fsp3) is 0.538. The van der Waals surface area contributed by atoms with Gasteiger partial charge in [0.05, 0.1) is 17.1 Å². The summed E-state index contributed by atoms with van der Waals surface area (Å²) in [6.45, 7) is 1.79. The van der Waals surface area contributed by atoms with Crippen molar-refractivity contribution in [3.8, 4) is 0 Å². The van der Waals surface area contributed by atoms with Gasteiger partial charge in [0.15, 0.2) is 0 Å². The van der Waals surface area contributed by atoms with Crippen LogP contribution in [-0.4, -0.2) is 55.3 Å². The van der Waals surface area contributed by atoms with E-state index in [1.54, 1.807) is 19.2 Å². The monoisotopic (exact) mass is 300 g/mol. The molecule has 0 aromatic heterocycles. The van der Waals surface area contributed by atoms with Crippen molar-refractivity contribution in [1.82, 2.24) is 9.62 Å². The zero-order chi connectivity index (χ0) is 14.9. The van der Waals surface area contributed by atoms with E-state index in [4.69, 9.17) is 0 Å². The maximum atomic E-state index is 12.5. The molecule has 1 aliphatic heterocycles. The molecule has 0 saturated carbocycles. The van der Waals surface area contributed by atoms with Gasteiger partial charge in [-0.15, -0.1) is 0 Å². The summed E-state index contributed by atoms with van der Waals surface area (Å²) in [6.07, 6.45) is -2.05. The second kappa shape index (κ2) is 5.79. The lowest BCUT2D eigenvalue weighted by Crippen LogP contribution is -2.30. The standard InChI is InChI=1S/C13H20N2O4S/c1-9(14-2)10-4-3-5-11(6-10)20(18,19)15-7-12(16)13(17)8-15/h3-6,9,12-14,16-17H,7-8H2,1-2H3. The van der Waals surface area contributed by atoms with Gasteiger partial charge in [0, 0.05) is 19.1 Å². The number of hydrogen-bond donors (Lipinski definition) is 3. The lowest BCUT2D eigenvalue weighted by molar-refractivity contribution is 0.0572. The average Bonchev–Trinajstić information content (AvgIpc) is 2.78. The van der Waals surface area contributed by atoms with Crippen LogP contribution in [0.2, 0.25) is 0 Å². The fourth-order valence-electron chi connectivity index (χ4n) is 2.19. The highest BCUT2D eigenvalue weighted by Crippen LogP contribution is 2.23. The van der Waals surface area contributed by atoms with E-state index in [1.807, 2.05) is 13.0 Å². The highest BCUT2D eigenvalue weighted by molar-refractivity contribution is 7.89. The Morgan fingerprint density at radius 2 is 1.90 bits per heavy atom. The predicted octanol–water partition coefficient (Wildman–Crippen LogP) is -0.307. The van der Waals surface area contributed by atoms with Crippen molar-refractivity contribution in [1.29, 1.82) is 0 Å². The summed E-state index contributed by atoms with van der Waals surface area (Å²) in [5.41, 5.74) is 0.869. The normalized spacial score (nSPS) is 25.8. The number of β-amino-alcohol motifs (C(OH)–C–C–N with tert-alkyl or cyclic N) is 2. The summed E-state index contributed by atoms with van der Waals surface area (Å²) in [5.74, 6) is 0. The van der Waals surface area contributed by atoms with Gasteiger partial charge in [0.25, 0.3) is 0 Å². The Bertz CT molecular complexity index is 565. The summed E-state index contributed by atoms with van der Waals surface area (Å²) < 4.78 is 26.1. The quantitative estimate of drug-likeness (QED) is 0.710. The maximum Gasteiger partial charge on any atom is 0.243 e. The van der Waals surface area contributed by atoms with Crippen molar-refractivity contribution >= 4 is 10.0 Å². The van der Waals surface area contributed by atoms with Gasteiger partial charge in [0.1, 0.15) is 0 Å². The highest BCUT2D eigenvalue weighted by Gasteiger charge is 2.37. The van der Waals surface area contributed by atoms with E-state index >= 15 is 0 Å². The largest absolute Gasteiger partial charge is 0.389 e. The van der Waals surface area contributed by atoms with E-state index in [2.05, 4.69) is 5.32 Å². The zero-order valence-electron chi connectivity index (χ0n) is 11.5. The molecule has 3 atom stereocenters. The summed E-state index contributed by atoms with van der Waals surface area (Å²) in [7, 11) is -1.88. The van der Waals surface area contributed by atoms with E-state index in [0.29, 0.717) is 0 Å². The summed E-state index contributed by atoms with van der Waals surface area (Å²) in [6, 6.07) is 6.73. The van der Waals surface area contributed by atoms with Gasteiger partial charge in [-0.25, -0.2) is 8.42 Å². The molecule has 0 radical (unpaired) electrons. The minimum Gasteiger partial charge on any atom is -0.389 e. The van der Waals surface area contributed by atoms with Gasteiger partial charge in [0.2, 0.25) is 10.0 Å². The Labute approximate surface area is 119 Å². The van der Waals surface area contributed by atoms with Gasteiger partial charge < -0.3 is 15.5 Å². The molecular formula is C13H20N2O4S. The van der Waals surface area contributed by atoms with Crippen LogP contribution in [0.15, 0.2) is 29.2 Å². The van der Waals surface area contributed by atoms with E-state index in [0.717, 1.165) is 9.87 Å². The topological polar surface area (TPSA) is 89.9 Å². The Morgan fingerprint density at radius 1 is 1.30 bits per heavy atom. The molecule has 7 heteroatoms. The summed E-state index contributed by atoms with van der Waals surface area (Å²) in [5, 5.41) is 22.0. The van der Waals surface area contributed by atoms with Gasteiger partial charge >= 0.3 is 0 Å². The first-order valence-electron chi connectivity index (χ1n) is 6.49. The molecule has 1 saturated heterocycles. The fourth-order valence-corrected chi connectivity index (χ4v) is 3.72. The molecule has 1 heterocycles. The van der Waals surface area contributed by atoms with Crippen molar-refractivity contribution < 1.29 is 18.6 Å². The molecular weight excluding hydrogens is 280 g/mol. The third-order valence-corrected chi connectivity index (χ3v) is 5.48. The van der Waals surface area contributed by atoms with E-state index in [1.165, 1.54) is 6.07 Å². The molecule has 1 fully saturated rings. The van der Waals surface area contributed by atoms with Crippen molar-refractivity contribution in [2.75, 3.05) is 20.1 Å². The first-order chi connectivity index (χ1) is 9.36. The van der Waals surface area contributed by atoms with Crippen LogP contribution in [0.5, 0.6) is 0 Å². The average molecular weight is 300 g/mol. The number of nitrogens with one attached hydrogen (secondary N) is 1. The molecule has 112 valence electrons. The number of hydrogen-bond acceptors (Lipinski definition) is 5.